The Morgan fingerprint density at radius 3 is 2.48 bits per heavy atom. The molecule has 0 spiro atoms. The second-order valence-electron chi connectivity index (χ2n) is 5.56. The first kappa shape index (κ1) is 21.5. The van der Waals surface area contributed by atoms with Crippen LogP contribution in [0.25, 0.3) is 0 Å². The van der Waals surface area contributed by atoms with Gasteiger partial charge in [0.15, 0.2) is 0 Å². The Balaban J connectivity index is 0.00000156. The molecule has 1 aliphatic carbocycles. The Hall–Kier alpha value is -1.53. The molecule has 0 bridgehead atoms. The Morgan fingerprint density at radius 2 is 1.88 bits per heavy atom. The number of nitrogens with zero attached hydrogens (tertiary/aromatic N) is 1. The number of ether oxygens (including phenoxy) is 1. The Kier molecular flexibility index (Phi) is 9.00. The van der Waals surface area contributed by atoms with Gasteiger partial charge in [0, 0.05) is 11.1 Å². The molecule has 1 fully saturated rings. The molecule has 5 nitrogen and oxygen atoms in total. The van der Waals surface area contributed by atoms with Crippen LogP contribution >= 0.6 is 36.4 Å². The fourth-order valence-corrected chi connectivity index (χ4v) is 2.18. The molecule has 0 radical (unpaired) electrons. The fourth-order valence-electron chi connectivity index (χ4n) is 2.05. The maximum atomic E-state index is 11.8. The van der Waals surface area contributed by atoms with Crippen molar-refractivity contribution in [2.75, 3.05) is 18.4 Å². The Bertz CT molecular complexity index is 662. The molecule has 0 unspecified atom stereocenters. The van der Waals surface area contributed by atoms with Gasteiger partial charge in [-0.3, -0.25) is 4.79 Å². The minimum atomic E-state index is -0.0705. The standard InChI is InChI=1S/C17H18ClN3O2.2ClH/c18-13-3-6-15(7-4-13)23-17-8-5-14(10-20-17)21-16(22)11-19-9-12-1-2-12;;/h3-8,10,12,19H,1-2,9,11H2,(H,21,22);2*1H. The van der Waals surface area contributed by atoms with Crippen LogP contribution in [0.15, 0.2) is 42.6 Å². The highest BCUT2D eigenvalue weighted by Gasteiger charge is 2.20. The average molecular weight is 405 g/mol. The van der Waals surface area contributed by atoms with Gasteiger partial charge in [0.2, 0.25) is 11.8 Å². The van der Waals surface area contributed by atoms with E-state index in [4.69, 9.17) is 16.3 Å². The van der Waals surface area contributed by atoms with Crippen molar-refractivity contribution in [1.82, 2.24) is 10.3 Å². The predicted molar refractivity (Wildman–Crippen MR) is 104 cm³/mol. The smallest absolute Gasteiger partial charge is 0.238 e. The number of rotatable bonds is 7. The van der Waals surface area contributed by atoms with Gasteiger partial charge in [0.1, 0.15) is 5.75 Å². The highest BCUT2D eigenvalue weighted by Crippen LogP contribution is 2.27. The van der Waals surface area contributed by atoms with Crippen LogP contribution in [0.5, 0.6) is 11.6 Å². The number of amides is 1. The largest absolute Gasteiger partial charge is 0.439 e. The zero-order valence-corrected chi connectivity index (χ0v) is 15.8. The summed E-state index contributed by atoms with van der Waals surface area (Å²) in [6.45, 7) is 1.24. The molecule has 0 atom stereocenters. The van der Waals surface area contributed by atoms with Gasteiger partial charge >= 0.3 is 0 Å². The molecule has 25 heavy (non-hydrogen) atoms. The molecular weight excluding hydrogens is 385 g/mol. The van der Waals surface area contributed by atoms with Gasteiger partial charge < -0.3 is 15.4 Å². The second kappa shape index (κ2) is 10.5. The predicted octanol–water partition coefficient (Wildman–Crippen LogP) is 4.31. The summed E-state index contributed by atoms with van der Waals surface area (Å²) < 4.78 is 5.60. The van der Waals surface area contributed by atoms with Crippen molar-refractivity contribution in [2.45, 2.75) is 12.8 Å². The van der Waals surface area contributed by atoms with E-state index < -0.39 is 0 Å². The summed E-state index contributed by atoms with van der Waals surface area (Å²) in [5.74, 6) is 1.80. The minimum Gasteiger partial charge on any atom is -0.439 e. The monoisotopic (exact) mass is 403 g/mol. The third-order valence-corrected chi connectivity index (χ3v) is 3.72. The van der Waals surface area contributed by atoms with E-state index in [0.29, 0.717) is 28.9 Å². The minimum absolute atomic E-state index is 0. The number of hydrogen-bond donors (Lipinski definition) is 2. The van der Waals surface area contributed by atoms with Crippen molar-refractivity contribution in [2.24, 2.45) is 5.92 Å². The lowest BCUT2D eigenvalue weighted by Crippen LogP contribution is -2.29. The lowest BCUT2D eigenvalue weighted by molar-refractivity contribution is -0.115. The molecule has 1 aromatic heterocycles. The van der Waals surface area contributed by atoms with Crippen LogP contribution in [0.1, 0.15) is 12.8 Å². The zero-order chi connectivity index (χ0) is 16.1. The summed E-state index contributed by atoms with van der Waals surface area (Å²) in [5.41, 5.74) is 0.645. The van der Waals surface area contributed by atoms with Crippen molar-refractivity contribution in [3.63, 3.8) is 0 Å². The van der Waals surface area contributed by atoms with E-state index in [1.807, 2.05) is 0 Å². The molecule has 1 heterocycles. The van der Waals surface area contributed by atoms with Crippen LogP contribution in [-0.2, 0) is 4.79 Å². The summed E-state index contributed by atoms with van der Waals surface area (Å²) in [4.78, 5) is 16.0. The number of halogens is 3. The van der Waals surface area contributed by atoms with Gasteiger partial charge in [-0.05, 0) is 55.6 Å². The number of carbonyl (C=O) groups excluding carboxylic acids is 1. The molecule has 8 heteroatoms. The molecule has 1 saturated carbocycles. The van der Waals surface area contributed by atoms with E-state index in [-0.39, 0.29) is 30.7 Å². The highest BCUT2D eigenvalue weighted by atomic mass is 35.5. The van der Waals surface area contributed by atoms with Crippen LogP contribution in [0, 0.1) is 5.92 Å². The number of hydrogen-bond acceptors (Lipinski definition) is 4. The Labute approximate surface area is 164 Å². The number of pyridine rings is 1. The lowest BCUT2D eigenvalue weighted by Gasteiger charge is -2.08. The molecular formula is C17H20Cl3N3O2. The van der Waals surface area contributed by atoms with E-state index in [2.05, 4.69) is 15.6 Å². The van der Waals surface area contributed by atoms with Crippen molar-refractivity contribution in [3.8, 4) is 11.6 Å². The number of aromatic nitrogens is 1. The summed E-state index contributed by atoms with van der Waals surface area (Å²) in [6, 6.07) is 10.5. The topological polar surface area (TPSA) is 63.2 Å². The van der Waals surface area contributed by atoms with E-state index in [0.717, 1.165) is 12.5 Å². The van der Waals surface area contributed by atoms with Gasteiger partial charge in [-0.25, -0.2) is 4.98 Å². The Morgan fingerprint density at radius 1 is 1.16 bits per heavy atom. The van der Waals surface area contributed by atoms with Crippen molar-refractivity contribution in [1.29, 1.82) is 0 Å². The average Bonchev–Trinajstić information content (AvgIpc) is 3.36. The third-order valence-electron chi connectivity index (χ3n) is 3.47. The molecule has 0 saturated heterocycles. The van der Waals surface area contributed by atoms with Gasteiger partial charge in [0.25, 0.3) is 0 Å². The first-order valence-corrected chi connectivity index (χ1v) is 7.97. The van der Waals surface area contributed by atoms with E-state index >= 15 is 0 Å². The lowest BCUT2D eigenvalue weighted by atomic mass is 10.3. The summed E-state index contributed by atoms with van der Waals surface area (Å²) in [5, 5.41) is 6.60. The molecule has 0 aliphatic heterocycles. The van der Waals surface area contributed by atoms with Gasteiger partial charge in [-0.15, -0.1) is 24.8 Å². The van der Waals surface area contributed by atoms with Crippen LogP contribution in [0.4, 0.5) is 5.69 Å². The summed E-state index contributed by atoms with van der Waals surface area (Å²) >= 11 is 5.82. The third kappa shape index (κ3) is 7.48. The molecule has 2 aromatic rings. The van der Waals surface area contributed by atoms with E-state index in [1.54, 1.807) is 42.6 Å². The van der Waals surface area contributed by atoms with Gasteiger partial charge in [-0.1, -0.05) is 11.6 Å². The highest BCUT2D eigenvalue weighted by molar-refractivity contribution is 6.30. The van der Waals surface area contributed by atoms with Gasteiger partial charge in [0.05, 0.1) is 18.4 Å². The van der Waals surface area contributed by atoms with Crippen molar-refractivity contribution < 1.29 is 9.53 Å². The molecule has 2 N–H and O–H groups in total. The SMILES string of the molecule is Cl.Cl.O=C(CNCC1CC1)Nc1ccc(Oc2ccc(Cl)cc2)nc1. The quantitative estimate of drug-likeness (QED) is 0.722. The maximum absolute atomic E-state index is 11.8. The second-order valence-corrected chi connectivity index (χ2v) is 6.00. The molecule has 3 rings (SSSR count). The first-order chi connectivity index (χ1) is 11.2. The van der Waals surface area contributed by atoms with Crippen LogP contribution < -0.4 is 15.4 Å². The van der Waals surface area contributed by atoms with E-state index in [9.17, 15) is 4.79 Å². The van der Waals surface area contributed by atoms with E-state index in [1.165, 1.54) is 12.8 Å². The number of benzene rings is 1. The maximum Gasteiger partial charge on any atom is 0.238 e. The number of anilines is 1. The molecule has 136 valence electrons. The number of carbonyl (C=O) groups is 1. The normalized spacial score (nSPS) is 12.5. The van der Waals surface area contributed by atoms with Crippen molar-refractivity contribution in [3.05, 3.63) is 47.6 Å². The molecule has 1 aliphatic rings. The molecule has 1 aromatic carbocycles. The van der Waals surface area contributed by atoms with Crippen LogP contribution in [-0.4, -0.2) is 24.0 Å². The zero-order valence-electron chi connectivity index (χ0n) is 13.4. The molecule has 1 amide bonds. The van der Waals surface area contributed by atoms with Crippen LogP contribution in [0.3, 0.4) is 0 Å². The first-order valence-electron chi connectivity index (χ1n) is 7.59. The number of nitrogens with one attached hydrogen (secondary N) is 2. The fraction of sp³-hybridized carbons (Fsp3) is 0.294. The van der Waals surface area contributed by atoms with Crippen molar-refractivity contribution >= 4 is 48.0 Å². The summed E-state index contributed by atoms with van der Waals surface area (Å²) in [7, 11) is 0. The summed E-state index contributed by atoms with van der Waals surface area (Å²) in [6.07, 6.45) is 4.12. The van der Waals surface area contributed by atoms with Gasteiger partial charge in [-0.2, -0.15) is 0 Å². The van der Waals surface area contributed by atoms with Crippen LogP contribution in [0.2, 0.25) is 5.02 Å².